The van der Waals surface area contributed by atoms with Crippen molar-refractivity contribution in [1.29, 1.82) is 0 Å². The van der Waals surface area contributed by atoms with Crippen LogP contribution in [0.4, 0.5) is 0 Å². The van der Waals surface area contributed by atoms with Crippen LogP contribution in [0.5, 0.6) is 0 Å². The molecular formula is C12H24N2O. The van der Waals surface area contributed by atoms with E-state index in [1.807, 2.05) is 13.8 Å². The van der Waals surface area contributed by atoms with Crippen molar-refractivity contribution in [3.63, 3.8) is 0 Å². The zero-order valence-corrected chi connectivity index (χ0v) is 10.2. The molecular weight excluding hydrogens is 188 g/mol. The second kappa shape index (κ2) is 6.11. The third-order valence-electron chi connectivity index (χ3n) is 3.19. The Morgan fingerprint density at radius 3 is 2.53 bits per heavy atom. The van der Waals surface area contributed by atoms with Crippen LogP contribution in [-0.4, -0.2) is 24.5 Å². The molecule has 1 aliphatic carbocycles. The molecule has 0 aromatic carbocycles. The zero-order chi connectivity index (χ0) is 11.3. The molecule has 0 aromatic rings. The number of hydrogen-bond acceptors (Lipinski definition) is 2. The van der Waals surface area contributed by atoms with E-state index < -0.39 is 0 Å². The van der Waals surface area contributed by atoms with E-state index in [0.717, 1.165) is 5.92 Å². The first kappa shape index (κ1) is 12.5. The van der Waals surface area contributed by atoms with Crippen molar-refractivity contribution in [3.8, 4) is 0 Å². The van der Waals surface area contributed by atoms with E-state index in [2.05, 4.69) is 17.6 Å². The molecule has 3 nitrogen and oxygen atoms in total. The zero-order valence-electron chi connectivity index (χ0n) is 10.2. The Hall–Kier alpha value is -0.570. The molecule has 1 rings (SSSR count). The third-order valence-corrected chi connectivity index (χ3v) is 3.19. The Morgan fingerprint density at radius 2 is 2.07 bits per heavy atom. The number of carbonyl (C=O) groups excluding carboxylic acids is 1. The van der Waals surface area contributed by atoms with E-state index >= 15 is 0 Å². The molecule has 1 fully saturated rings. The average Bonchev–Trinajstić information content (AvgIpc) is 2.12. The number of nitrogens with one attached hydrogen (secondary N) is 2. The molecule has 15 heavy (non-hydrogen) atoms. The van der Waals surface area contributed by atoms with Gasteiger partial charge in [-0.25, -0.2) is 0 Å². The van der Waals surface area contributed by atoms with E-state index in [-0.39, 0.29) is 11.9 Å². The Labute approximate surface area is 93.0 Å². The third kappa shape index (κ3) is 4.20. The predicted octanol–water partition coefficient (Wildman–Crippen LogP) is 1.68. The maximum absolute atomic E-state index is 11.5. The van der Waals surface area contributed by atoms with Gasteiger partial charge in [-0.3, -0.25) is 4.79 Å². The average molecular weight is 212 g/mol. The molecule has 0 radical (unpaired) electrons. The molecule has 0 aliphatic heterocycles. The van der Waals surface area contributed by atoms with Gasteiger partial charge in [-0.15, -0.1) is 0 Å². The van der Waals surface area contributed by atoms with Crippen LogP contribution in [0.2, 0.25) is 0 Å². The van der Waals surface area contributed by atoms with Crippen LogP contribution in [0, 0.1) is 5.92 Å². The standard InChI is InChI=1S/C12H24N2O/c1-4-13-12(15)10(3)14-9(2)8-11-6-5-7-11/h9-11,14H,4-8H2,1-3H3,(H,13,15). The fraction of sp³-hybridized carbons (Fsp3) is 0.917. The maximum atomic E-state index is 11.5. The molecule has 1 saturated carbocycles. The summed E-state index contributed by atoms with van der Waals surface area (Å²) < 4.78 is 0. The summed E-state index contributed by atoms with van der Waals surface area (Å²) in [4.78, 5) is 11.5. The Kier molecular flexibility index (Phi) is 5.09. The van der Waals surface area contributed by atoms with Gasteiger partial charge in [0.25, 0.3) is 0 Å². The number of rotatable bonds is 6. The molecule has 2 unspecified atom stereocenters. The summed E-state index contributed by atoms with van der Waals surface area (Å²) in [6, 6.07) is 0.382. The van der Waals surface area contributed by atoms with Crippen LogP contribution < -0.4 is 10.6 Å². The molecule has 1 amide bonds. The maximum Gasteiger partial charge on any atom is 0.236 e. The van der Waals surface area contributed by atoms with Crippen LogP contribution in [0.3, 0.4) is 0 Å². The minimum atomic E-state index is -0.0694. The number of amides is 1. The van der Waals surface area contributed by atoms with Gasteiger partial charge in [0.1, 0.15) is 0 Å². The van der Waals surface area contributed by atoms with E-state index in [9.17, 15) is 4.79 Å². The molecule has 1 aliphatic rings. The molecule has 0 heterocycles. The minimum absolute atomic E-state index is 0.0694. The number of likely N-dealkylation sites (N-methyl/N-ethyl adjacent to an activating group) is 1. The predicted molar refractivity (Wildman–Crippen MR) is 62.7 cm³/mol. The summed E-state index contributed by atoms with van der Waals surface area (Å²) in [7, 11) is 0. The van der Waals surface area contributed by atoms with Gasteiger partial charge < -0.3 is 10.6 Å². The lowest BCUT2D eigenvalue weighted by atomic mass is 9.81. The smallest absolute Gasteiger partial charge is 0.236 e. The molecule has 0 saturated heterocycles. The van der Waals surface area contributed by atoms with Gasteiger partial charge in [-0.2, -0.15) is 0 Å². The molecule has 3 heteroatoms. The quantitative estimate of drug-likeness (QED) is 0.703. The summed E-state index contributed by atoms with van der Waals surface area (Å²) in [6.45, 7) is 6.76. The molecule has 0 aromatic heterocycles. The lowest BCUT2D eigenvalue weighted by Crippen LogP contribution is -2.46. The Bertz CT molecular complexity index is 202. The van der Waals surface area contributed by atoms with E-state index in [1.165, 1.54) is 25.7 Å². The Balaban J connectivity index is 2.17. The molecule has 2 atom stereocenters. The summed E-state index contributed by atoms with van der Waals surface area (Å²) in [5.41, 5.74) is 0. The summed E-state index contributed by atoms with van der Waals surface area (Å²) in [6.07, 6.45) is 5.36. The van der Waals surface area contributed by atoms with Gasteiger partial charge in [0.2, 0.25) is 5.91 Å². The lowest BCUT2D eigenvalue weighted by Gasteiger charge is -2.29. The van der Waals surface area contributed by atoms with Gasteiger partial charge in [-0.1, -0.05) is 19.3 Å². The first-order chi connectivity index (χ1) is 7.13. The van der Waals surface area contributed by atoms with Gasteiger partial charge in [-0.05, 0) is 33.1 Å². The van der Waals surface area contributed by atoms with E-state index in [4.69, 9.17) is 0 Å². The minimum Gasteiger partial charge on any atom is -0.355 e. The fourth-order valence-electron chi connectivity index (χ4n) is 2.13. The summed E-state index contributed by atoms with van der Waals surface area (Å²) in [5.74, 6) is 1.01. The number of hydrogen-bond donors (Lipinski definition) is 2. The van der Waals surface area contributed by atoms with Crippen LogP contribution in [-0.2, 0) is 4.79 Å². The fourth-order valence-corrected chi connectivity index (χ4v) is 2.13. The molecule has 0 spiro atoms. The van der Waals surface area contributed by atoms with Crippen LogP contribution in [0.15, 0.2) is 0 Å². The highest BCUT2D eigenvalue weighted by molar-refractivity contribution is 5.81. The summed E-state index contributed by atoms with van der Waals surface area (Å²) in [5, 5.41) is 6.18. The van der Waals surface area contributed by atoms with Gasteiger partial charge in [0.15, 0.2) is 0 Å². The SMILES string of the molecule is CCNC(=O)C(C)NC(C)CC1CCC1. The highest BCUT2D eigenvalue weighted by Crippen LogP contribution is 2.30. The van der Waals surface area contributed by atoms with Crippen molar-refractivity contribution >= 4 is 5.91 Å². The van der Waals surface area contributed by atoms with E-state index in [0.29, 0.717) is 12.6 Å². The second-order valence-corrected chi connectivity index (χ2v) is 4.72. The van der Waals surface area contributed by atoms with Gasteiger partial charge >= 0.3 is 0 Å². The normalized spacial score (nSPS) is 20.5. The Morgan fingerprint density at radius 1 is 1.40 bits per heavy atom. The second-order valence-electron chi connectivity index (χ2n) is 4.72. The molecule has 88 valence electrons. The highest BCUT2D eigenvalue weighted by atomic mass is 16.2. The van der Waals surface area contributed by atoms with Crippen LogP contribution in [0.1, 0.15) is 46.5 Å². The highest BCUT2D eigenvalue weighted by Gasteiger charge is 2.21. The van der Waals surface area contributed by atoms with Crippen molar-refractivity contribution in [2.45, 2.75) is 58.5 Å². The molecule has 2 N–H and O–H groups in total. The van der Waals surface area contributed by atoms with Crippen LogP contribution >= 0.6 is 0 Å². The van der Waals surface area contributed by atoms with Crippen molar-refractivity contribution in [2.75, 3.05) is 6.54 Å². The first-order valence-electron chi connectivity index (χ1n) is 6.17. The largest absolute Gasteiger partial charge is 0.355 e. The van der Waals surface area contributed by atoms with Crippen molar-refractivity contribution in [3.05, 3.63) is 0 Å². The van der Waals surface area contributed by atoms with E-state index in [1.54, 1.807) is 0 Å². The van der Waals surface area contributed by atoms with Crippen molar-refractivity contribution < 1.29 is 4.79 Å². The molecule has 0 bridgehead atoms. The van der Waals surface area contributed by atoms with Crippen LogP contribution in [0.25, 0.3) is 0 Å². The van der Waals surface area contributed by atoms with Gasteiger partial charge in [0, 0.05) is 12.6 Å². The van der Waals surface area contributed by atoms with Crippen molar-refractivity contribution in [2.24, 2.45) is 5.92 Å². The van der Waals surface area contributed by atoms with Crippen molar-refractivity contribution in [1.82, 2.24) is 10.6 Å². The monoisotopic (exact) mass is 212 g/mol. The number of carbonyl (C=O) groups is 1. The topological polar surface area (TPSA) is 41.1 Å². The van der Waals surface area contributed by atoms with Gasteiger partial charge in [0.05, 0.1) is 6.04 Å². The first-order valence-corrected chi connectivity index (χ1v) is 6.17. The summed E-state index contributed by atoms with van der Waals surface area (Å²) >= 11 is 0. The lowest BCUT2D eigenvalue weighted by molar-refractivity contribution is -0.122.